The number of aromatic amines is 1. The van der Waals surface area contributed by atoms with E-state index in [9.17, 15) is 0 Å². The fraction of sp³-hybridized carbons (Fsp3) is 0.364. The Hall–Kier alpha value is -1.29. The summed E-state index contributed by atoms with van der Waals surface area (Å²) in [6.07, 6.45) is 0. The van der Waals surface area contributed by atoms with E-state index in [4.69, 9.17) is 5.73 Å². The number of hydrogen-bond acceptors (Lipinski definition) is 3. The van der Waals surface area contributed by atoms with E-state index in [0.29, 0.717) is 11.7 Å². The van der Waals surface area contributed by atoms with Crippen LogP contribution in [-0.2, 0) is 0 Å². The molecule has 0 aliphatic heterocycles. The number of nitrogens with one attached hydrogen (secondary N) is 1. The standard InChI is InChI=1S/C11H15N3S/c1-6(2)9-10(13-14-11(9)12)8-5-15-4-7(8)3/h4-6H,1-3H3,(H3,12,13,14). The zero-order chi connectivity index (χ0) is 11.0. The molecule has 0 aromatic carbocycles. The highest BCUT2D eigenvalue weighted by molar-refractivity contribution is 7.08. The second-order valence-corrected chi connectivity index (χ2v) is 4.76. The number of nitrogens with two attached hydrogens (primary N) is 1. The molecule has 0 aliphatic rings. The number of hydrogen-bond donors (Lipinski definition) is 2. The summed E-state index contributed by atoms with van der Waals surface area (Å²) in [6, 6.07) is 0. The van der Waals surface area contributed by atoms with Crippen LogP contribution in [0.2, 0.25) is 0 Å². The molecule has 2 rings (SSSR count). The molecule has 0 amide bonds. The molecule has 2 aromatic rings. The van der Waals surface area contributed by atoms with Gasteiger partial charge in [-0.25, -0.2) is 0 Å². The van der Waals surface area contributed by atoms with Crippen LogP contribution in [0.25, 0.3) is 11.3 Å². The Morgan fingerprint density at radius 3 is 2.67 bits per heavy atom. The SMILES string of the molecule is Cc1cscc1-c1[nH]nc(N)c1C(C)C. The van der Waals surface area contributed by atoms with Gasteiger partial charge in [-0.1, -0.05) is 13.8 Å². The number of nitrogens with zero attached hydrogens (tertiary/aromatic N) is 1. The Labute approximate surface area is 93.3 Å². The van der Waals surface area contributed by atoms with Gasteiger partial charge in [0.1, 0.15) is 5.82 Å². The zero-order valence-electron chi connectivity index (χ0n) is 9.16. The van der Waals surface area contributed by atoms with Crippen molar-refractivity contribution < 1.29 is 0 Å². The predicted molar refractivity (Wildman–Crippen MR) is 65.1 cm³/mol. The number of thiophene rings is 1. The molecule has 2 heterocycles. The van der Waals surface area contributed by atoms with Gasteiger partial charge in [0, 0.05) is 16.5 Å². The second kappa shape index (κ2) is 3.70. The smallest absolute Gasteiger partial charge is 0.149 e. The first-order chi connectivity index (χ1) is 7.11. The molecule has 0 saturated carbocycles. The van der Waals surface area contributed by atoms with Crippen molar-refractivity contribution in [2.75, 3.05) is 5.73 Å². The van der Waals surface area contributed by atoms with Crippen molar-refractivity contribution in [1.29, 1.82) is 0 Å². The molecule has 80 valence electrons. The molecule has 15 heavy (non-hydrogen) atoms. The average Bonchev–Trinajstić information content (AvgIpc) is 2.71. The molecule has 3 N–H and O–H groups in total. The number of nitrogen functional groups attached to an aromatic ring is 1. The van der Waals surface area contributed by atoms with E-state index in [1.54, 1.807) is 11.3 Å². The maximum Gasteiger partial charge on any atom is 0.149 e. The normalized spacial score (nSPS) is 11.2. The van der Waals surface area contributed by atoms with Crippen molar-refractivity contribution in [2.24, 2.45) is 0 Å². The fourth-order valence-corrected chi connectivity index (χ4v) is 2.61. The zero-order valence-corrected chi connectivity index (χ0v) is 9.98. The summed E-state index contributed by atoms with van der Waals surface area (Å²) in [7, 11) is 0. The summed E-state index contributed by atoms with van der Waals surface area (Å²) in [5, 5.41) is 11.4. The van der Waals surface area contributed by atoms with Gasteiger partial charge in [0.05, 0.1) is 5.69 Å². The van der Waals surface area contributed by atoms with Crippen molar-refractivity contribution >= 4 is 17.2 Å². The molecular weight excluding hydrogens is 206 g/mol. The van der Waals surface area contributed by atoms with Gasteiger partial charge in [-0.2, -0.15) is 16.4 Å². The molecule has 2 aromatic heterocycles. The quantitative estimate of drug-likeness (QED) is 0.818. The van der Waals surface area contributed by atoms with E-state index in [1.807, 2.05) is 0 Å². The predicted octanol–water partition coefficient (Wildman–Crippen LogP) is 3.15. The van der Waals surface area contributed by atoms with Crippen molar-refractivity contribution in [3.05, 3.63) is 21.9 Å². The summed E-state index contributed by atoms with van der Waals surface area (Å²) in [5.41, 5.74) is 10.5. The lowest BCUT2D eigenvalue weighted by Crippen LogP contribution is -1.95. The Morgan fingerprint density at radius 2 is 2.13 bits per heavy atom. The van der Waals surface area contributed by atoms with E-state index < -0.39 is 0 Å². The van der Waals surface area contributed by atoms with E-state index in [-0.39, 0.29) is 0 Å². The topological polar surface area (TPSA) is 54.7 Å². The maximum absolute atomic E-state index is 5.86. The van der Waals surface area contributed by atoms with Crippen molar-refractivity contribution in [3.8, 4) is 11.3 Å². The summed E-state index contributed by atoms with van der Waals surface area (Å²) in [4.78, 5) is 0. The van der Waals surface area contributed by atoms with Crippen LogP contribution in [0, 0.1) is 6.92 Å². The van der Waals surface area contributed by atoms with Crippen LogP contribution >= 0.6 is 11.3 Å². The summed E-state index contributed by atoms with van der Waals surface area (Å²) in [6.45, 7) is 6.37. The molecule has 3 nitrogen and oxygen atoms in total. The minimum absolute atomic E-state index is 0.387. The van der Waals surface area contributed by atoms with Crippen molar-refractivity contribution in [3.63, 3.8) is 0 Å². The third kappa shape index (κ3) is 1.65. The summed E-state index contributed by atoms with van der Waals surface area (Å²) in [5.74, 6) is 1.00. The third-order valence-corrected chi connectivity index (χ3v) is 3.40. The molecule has 0 radical (unpaired) electrons. The van der Waals surface area contributed by atoms with Crippen LogP contribution in [0.5, 0.6) is 0 Å². The van der Waals surface area contributed by atoms with Crippen LogP contribution in [0.1, 0.15) is 30.9 Å². The van der Waals surface area contributed by atoms with Crippen LogP contribution < -0.4 is 5.73 Å². The highest BCUT2D eigenvalue weighted by Gasteiger charge is 2.17. The minimum atomic E-state index is 0.387. The van der Waals surface area contributed by atoms with Crippen LogP contribution in [-0.4, -0.2) is 10.2 Å². The fourth-order valence-electron chi connectivity index (χ4n) is 1.77. The average molecular weight is 221 g/mol. The van der Waals surface area contributed by atoms with Gasteiger partial charge in [0.2, 0.25) is 0 Å². The van der Waals surface area contributed by atoms with Crippen molar-refractivity contribution in [2.45, 2.75) is 26.7 Å². The molecule has 0 saturated heterocycles. The van der Waals surface area contributed by atoms with Crippen LogP contribution in [0.3, 0.4) is 0 Å². The molecular formula is C11H15N3S. The van der Waals surface area contributed by atoms with E-state index in [2.05, 4.69) is 41.7 Å². The van der Waals surface area contributed by atoms with Gasteiger partial charge in [-0.05, 0) is 23.8 Å². The third-order valence-electron chi connectivity index (χ3n) is 2.54. The van der Waals surface area contributed by atoms with Gasteiger partial charge >= 0.3 is 0 Å². The largest absolute Gasteiger partial charge is 0.382 e. The lowest BCUT2D eigenvalue weighted by molar-refractivity contribution is 0.873. The Morgan fingerprint density at radius 1 is 1.40 bits per heavy atom. The Balaban J connectivity index is 2.59. The van der Waals surface area contributed by atoms with Gasteiger partial charge < -0.3 is 5.73 Å². The Bertz CT molecular complexity index is 468. The molecule has 4 heteroatoms. The van der Waals surface area contributed by atoms with E-state index in [1.165, 1.54) is 11.1 Å². The first kappa shape index (κ1) is 10.2. The number of H-pyrrole nitrogens is 1. The number of aryl methyl sites for hydroxylation is 1. The van der Waals surface area contributed by atoms with Crippen LogP contribution in [0.15, 0.2) is 10.8 Å². The lowest BCUT2D eigenvalue weighted by Gasteiger charge is -2.06. The highest BCUT2D eigenvalue weighted by Crippen LogP contribution is 2.34. The first-order valence-electron chi connectivity index (χ1n) is 4.98. The molecule has 0 unspecified atom stereocenters. The molecule has 0 fully saturated rings. The monoisotopic (exact) mass is 221 g/mol. The van der Waals surface area contributed by atoms with Crippen LogP contribution in [0.4, 0.5) is 5.82 Å². The van der Waals surface area contributed by atoms with E-state index >= 15 is 0 Å². The number of anilines is 1. The van der Waals surface area contributed by atoms with Gasteiger partial charge in [-0.15, -0.1) is 0 Å². The molecule has 0 atom stereocenters. The molecule has 0 aliphatic carbocycles. The number of aromatic nitrogens is 2. The molecule has 0 bridgehead atoms. The number of rotatable bonds is 2. The summed E-state index contributed by atoms with van der Waals surface area (Å²) < 4.78 is 0. The van der Waals surface area contributed by atoms with E-state index in [0.717, 1.165) is 11.3 Å². The van der Waals surface area contributed by atoms with Crippen molar-refractivity contribution in [1.82, 2.24) is 10.2 Å². The van der Waals surface area contributed by atoms with Gasteiger partial charge in [-0.3, -0.25) is 5.10 Å². The highest BCUT2D eigenvalue weighted by atomic mass is 32.1. The second-order valence-electron chi connectivity index (χ2n) is 4.02. The van der Waals surface area contributed by atoms with Gasteiger partial charge in [0.25, 0.3) is 0 Å². The summed E-state index contributed by atoms with van der Waals surface area (Å²) >= 11 is 1.70. The maximum atomic E-state index is 5.86. The lowest BCUT2D eigenvalue weighted by atomic mass is 9.99. The Kier molecular flexibility index (Phi) is 2.52. The first-order valence-corrected chi connectivity index (χ1v) is 5.92. The molecule has 0 spiro atoms. The minimum Gasteiger partial charge on any atom is -0.382 e. The van der Waals surface area contributed by atoms with Gasteiger partial charge in [0.15, 0.2) is 0 Å².